The van der Waals surface area contributed by atoms with Gasteiger partial charge in [-0.1, -0.05) is 29.4 Å². The third-order valence-corrected chi connectivity index (χ3v) is 5.94. The van der Waals surface area contributed by atoms with Crippen molar-refractivity contribution in [2.24, 2.45) is 5.73 Å². The zero-order valence-electron chi connectivity index (χ0n) is 17.0. The molecule has 2 aromatic carbocycles. The first kappa shape index (κ1) is 25.0. The van der Waals surface area contributed by atoms with Crippen LogP contribution in [0.5, 0.6) is 11.5 Å². The van der Waals surface area contributed by atoms with Crippen molar-refractivity contribution < 1.29 is 28.7 Å². The lowest BCUT2D eigenvalue weighted by Gasteiger charge is -2.24. The molecule has 0 aliphatic carbocycles. The normalized spacial score (nSPS) is 14.0. The minimum Gasteiger partial charge on any atom is -0.507 e. The monoisotopic (exact) mass is 475 g/mol. The van der Waals surface area contributed by atoms with Gasteiger partial charge in [-0.3, -0.25) is 4.52 Å². The summed E-state index contributed by atoms with van der Waals surface area (Å²) < 4.78 is 21.0. The average molecular weight is 476 g/mol. The molecule has 0 saturated carbocycles. The molecule has 0 amide bonds. The smallest absolute Gasteiger partial charge is 0.469 e. The topological polar surface area (TPSA) is 122 Å². The zero-order chi connectivity index (χ0) is 22.5. The second-order valence-corrected chi connectivity index (χ2v) is 10.3. The van der Waals surface area contributed by atoms with E-state index in [-0.39, 0.29) is 18.5 Å². The summed E-state index contributed by atoms with van der Waals surface area (Å²) in [6.45, 7) is 5.26. The van der Waals surface area contributed by atoms with Crippen molar-refractivity contribution in [1.82, 2.24) is 0 Å². The number of benzene rings is 2. The minimum atomic E-state index is -4.56. The molecule has 1 atom stereocenters. The largest absolute Gasteiger partial charge is 0.507 e. The van der Waals surface area contributed by atoms with Crippen molar-refractivity contribution in [2.45, 2.75) is 55.0 Å². The van der Waals surface area contributed by atoms with E-state index >= 15 is 0 Å². The Morgan fingerprint density at radius 2 is 1.93 bits per heavy atom. The number of phenols is 1. The van der Waals surface area contributed by atoms with Crippen molar-refractivity contribution >= 4 is 31.2 Å². The number of aromatic hydroxyl groups is 1. The van der Waals surface area contributed by atoms with Gasteiger partial charge in [0.2, 0.25) is 0 Å². The molecule has 2 aromatic rings. The summed E-state index contributed by atoms with van der Waals surface area (Å²) in [5, 5.41) is 10.7. The van der Waals surface area contributed by atoms with Crippen molar-refractivity contribution in [3.63, 3.8) is 0 Å². The summed E-state index contributed by atoms with van der Waals surface area (Å²) in [7, 11) is -4.56. The fourth-order valence-corrected chi connectivity index (χ4v) is 4.28. The van der Waals surface area contributed by atoms with Gasteiger partial charge in [-0.25, -0.2) is 4.57 Å². The second-order valence-electron chi connectivity index (χ2n) is 7.57. The molecule has 0 aliphatic rings. The maximum Gasteiger partial charge on any atom is 0.469 e. The fraction of sp³-hybridized carbons (Fsp3) is 0.400. The first-order valence-electron chi connectivity index (χ1n) is 9.29. The number of phosphoric acid groups is 1. The molecule has 0 bridgehead atoms. The van der Waals surface area contributed by atoms with Gasteiger partial charge in [-0.15, -0.1) is 0 Å². The molecule has 0 aliphatic heterocycles. The van der Waals surface area contributed by atoms with Crippen molar-refractivity contribution in [3.05, 3.63) is 47.0 Å². The fourth-order valence-electron chi connectivity index (χ4n) is 2.57. The van der Waals surface area contributed by atoms with Gasteiger partial charge in [0.15, 0.2) is 0 Å². The summed E-state index contributed by atoms with van der Waals surface area (Å²) in [6.07, 6.45) is 0.972. The molecule has 166 valence electrons. The van der Waals surface area contributed by atoms with Crippen LogP contribution in [-0.4, -0.2) is 33.1 Å². The Morgan fingerprint density at radius 3 is 2.53 bits per heavy atom. The van der Waals surface area contributed by atoms with E-state index in [9.17, 15) is 9.67 Å². The highest BCUT2D eigenvalue weighted by Crippen LogP contribution is 2.39. The lowest BCUT2D eigenvalue weighted by molar-refractivity contribution is 0.154. The SMILES string of the molecule is CC(C)Oc1ccc(O)c(Sc2ccc(CC[C@](C)(N)COP(=O)(O)O)c(Cl)c2)c1. The maximum atomic E-state index is 10.9. The second kappa shape index (κ2) is 10.4. The standard InChI is InChI=1S/C20H27ClNO6PS/c1-13(2)28-15-5-7-18(23)19(10-15)30-16-6-4-14(17(21)11-16)8-9-20(3,22)12-27-29(24,25)26/h4-7,10-11,13,23H,8-9,12,22H2,1-3H3,(H2,24,25,26)/t20-/m0/s1. The van der Waals surface area contributed by atoms with Gasteiger partial charge in [0.1, 0.15) is 11.5 Å². The molecule has 0 saturated heterocycles. The maximum absolute atomic E-state index is 10.9. The third kappa shape index (κ3) is 8.47. The van der Waals surface area contributed by atoms with Gasteiger partial charge in [0.25, 0.3) is 0 Å². The van der Waals surface area contributed by atoms with Crippen molar-refractivity contribution in [1.29, 1.82) is 0 Å². The third-order valence-electron chi connectivity index (χ3n) is 4.08. The number of nitrogens with two attached hydrogens (primary N) is 1. The van der Waals surface area contributed by atoms with E-state index in [1.165, 1.54) is 11.8 Å². The van der Waals surface area contributed by atoms with E-state index < -0.39 is 13.4 Å². The molecule has 2 rings (SSSR count). The van der Waals surface area contributed by atoms with Crippen LogP contribution in [0.15, 0.2) is 46.2 Å². The van der Waals surface area contributed by atoms with Gasteiger partial charge >= 0.3 is 7.82 Å². The highest BCUT2D eigenvalue weighted by molar-refractivity contribution is 7.99. The van der Waals surface area contributed by atoms with Gasteiger partial charge in [-0.2, -0.15) is 0 Å². The van der Waals surface area contributed by atoms with Gasteiger partial charge in [0, 0.05) is 15.5 Å². The first-order chi connectivity index (χ1) is 13.8. The van der Waals surface area contributed by atoms with Crippen molar-refractivity contribution in [3.8, 4) is 11.5 Å². The summed E-state index contributed by atoms with van der Waals surface area (Å²) in [4.78, 5) is 19.2. The molecule has 5 N–H and O–H groups in total. The Labute approximate surface area is 185 Å². The van der Waals surface area contributed by atoms with Crippen LogP contribution in [-0.2, 0) is 15.5 Å². The van der Waals surface area contributed by atoms with E-state index in [1.807, 2.05) is 26.0 Å². The van der Waals surface area contributed by atoms with Gasteiger partial charge in [-0.05, 0) is 69.5 Å². The molecule has 0 radical (unpaired) electrons. The minimum absolute atomic E-state index is 0.0291. The summed E-state index contributed by atoms with van der Waals surface area (Å²) in [5.74, 6) is 0.827. The molecule has 7 nitrogen and oxygen atoms in total. The molecule has 0 unspecified atom stereocenters. The molecule has 30 heavy (non-hydrogen) atoms. The lowest BCUT2D eigenvalue weighted by Crippen LogP contribution is -2.41. The number of phosphoric ester groups is 1. The van der Waals surface area contributed by atoms with Gasteiger partial charge in [0.05, 0.1) is 17.6 Å². The van der Waals surface area contributed by atoms with Crippen LogP contribution in [0.2, 0.25) is 5.02 Å². The number of halogens is 1. The van der Waals surface area contributed by atoms with Crippen molar-refractivity contribution in [2.75, 3.05) is 6.61 Å². The van der Waals surface area contributed by atoms with E-state index in [1.54, 1.807) is 31.2 Å². The van der Waals surface area contributed by atoms with Crippen LogP contribution in [0.3, 0.4) is 0 Å². The number of rotatable bonds is 10. The predicted molar refractivity (Wildman–Crippen MR) is 118 cm³/mol. The molecular weight excluding hydrogens is 449 g/mol. The van der Waals surface area contributed by atoms with E-state index in [0.717, 1.165) is 10.5 Å². The molecule has 10 heteroatoms. The number of hydrogen-bond donors (Lipinski definition) is 4. The van der Waals surface area contributed by atoms with Gasteiger partial charge < -0.3 is 25.4 Å². The Bertz CT molecular complexity index is 918. The van der Waals surface area contributed by atoms with Crippen LogP contribution < -0.4 is 10.5 Å². The predicted octanol–water partition coefficient (Wildman–Crippen LogP) is 4.74. The summed E-state index contributed by atoms with van der Waals surface area (Å²) >= 11 is 7.78. The first-order valence-corrected chi connectivity index (χ1v) is 12.0. The Hall–Kier alpha value is -1.25. The average Bonchev–Trinajstić information content (AvgIpc) is 2.61. The number of ether oxygens (including phenoxy) is 1. The highest BCUT2D eigenvalue weighted by atomic mass is 35.5. The van der Waals surface area contributed by atoms with E-state index in [2.05, 4.69) is 4.52 Å². The summed E-state index contributed by atoms with van der Waals surface area (Å²) in [6, 6.07) is 10.7. The van der Waals surface area contributed by atoms with E-state index in [4.69, 9.17) is 31.9 Å². The summed E-state index contributed by atoms with van der Waals surface area (Å²) in [5.41, 5.74) is 6.00. The molecule has 0 heterocycles. The Kier molecular flexibility index (Phi) is 8.65. The van der Waals surface area contributed by atoms with Crippen LogP contribution >= 0.6 is 31.2 Å². The molecule has 0 spiro atoms. The number of phenolic OH excluding ortho intramolecular Hbond substituents is 1. The zero-order valence-corrected chi connectivity index (χ0v) is 19.5. The number of aryl methyl sites for hydroxylation is 1. The lowest BCUT2D eigenvalue weighted by atomic mass is 9.95. The van der Waals surface area contributed by atoms with E-state index in [0.29, 0.717) is 28.5 Å². The Morgan fingerprint density at radius 1 is 1.23 bits per heavy atom. The molecule has 0 fully saturated rings. The van der Waals surface area contributed by atoms with Crippen LogP contribution in [0.1, 0.15) is 32.8 Å². The van der Waals surface area contributed by atoms with Crippen LogP contribution in [0.25, 0.3) is 0 Å². The van der Waals surface area contributed by atoms with Crippen LogP contribution in [0.4, 0.5) is 0 Å². The molecular formula is C20H27ClNO6PS. The van der Waals surface area contributed by atoms with Crippen LogP contribution in [0, 0.1) is 0 Å². The Balaban J connectivity index is 2.04. The quantitative estimate of drug-likeness (QED) is 0.363. The molecule has 0 aromatic heterocycles. The highest BCUT2D eigenvalue weighted by Gasteiger charge is 2.24. The number of hydrogen-bond acceptors (Lipinski definition) is 6.